The molecule has 2 heterocycles. The monoisotopic (exact) mass is 308 g/mol. The summed E-state index contributed by atoms with van der Waals surface area (Å²) in [6, 6.07) is 5.01. The van der Waals surface area contributed by atoms with E-state index in [0.717, 1.165) is 10.8 Å². The van der Waals surface area contributed by atoms with Crippen LogP contribution in [-0.4, -0.2) is 23.0 Å². The Kier molecular flexibility index (Phi) is 3.68. The number of hydrogen-bond acceptors (Lipinski definition) is 5. The van der Waals surface area contributed by atoms with Gasteiger partial charge in [0.25, 0.3) is 5.56 Å². The predicted molar refractivity (Wildman–Crippen MR) is 73.6 cm³/mol. The van der Waals surface area contributed by atoms with Gasteiger partial charge in [-0.2, -0.15) is 4.39 Å². The van der Waals surface area contributed by atoms with Crippen LogP contribution in [0.1, 0.15) is 18.7 Å². The highest BCUT2D eigenvalue weighted by molar-refractivity contribution is 5.45. The van der Waals surface area contributed by atoms with E-state index in [9.17, 15) is 14.0 Å². The SMILES string of the molecule is CCOC(c1ccc2c(c1)OCO2)n1cc(F)c(=O)[nH]c1=O. The molecule has 1 aromatic heterocycles. The number of aromatic amines is 1. The lowest BCUT2D eigenvalue weighted by atomic mass is 10.1. The fourth-order valence-corrected chi connectivity index (χ4v) is 2.20. The molecule has 0 amide bonds. The zero-order chi connectivity index (χ0) is 15.7. The Hall–Kier alpha value is -2.61. The summed E-state index contributed by atoms with van der Waals surface area (Å²) in [4.78, 5) is 25.0. The smallest absolute Gasteiger partial charge is 0.330 e. The number of ether oxygens (including phenoxy) is 3. The third-order valence-electron chi connectivity index (χ3n) is 3.18. The number of rotatable bonds is 4. The molecule has 1 N–H and O–H groups in total. The van der Waals surface area contributed by atoms with Crippen LogP contribution in [0.5, 0.6) is 11.5 Å². The number of aromatic nitrogens is 2. The average molecular weight is 308 g/mol. The number of nitrogens with one attached hydrogen (secondary N) is 1. The van der Waals surface area contributed by atoms with E-state index < -0.39 is 23.3 Å². The van der Waals surface area contributed by atoms with Crippen LogP contribution in [0.2, 0.25) is 0 Å². The van der Waals surface area contributed by atoms with Crippen LogP contribution in [0.15, 0.2) is 34.0 Å². The first-order valence-corrected chi connectivity index (χ1v) is 6.62. The van der Waals surface area contributed by atoms with Gasteiger partial charge in [-0.1, -0.05) is 6.07 Å². The van der Waals surface area contributed by atoms with Gasteiger partial charge in [0.1, 0.15) is 0 Å². The zero-order valence-corrected chi connectivity index (χ0v) is 11.7. The molecule has 0 fully saturated rings. The highest BCUT2D eigenvalue weighted by atomic mass is 19.1. The van der Waals surface area contributed by atoms with Crippen molar-refractivity contribution in [2.45, 2.75) is 13.2 Å². The van der Waals surface area contributed by atoms with E-state index in [1.54, 1.807) is 25.1 Å². The minimum absolute atomic E-state index is 0.116. The van der Waals surface area contributed by atoms with Crippen molar-refractivity contribution < 1.29 is 18.6 Å². The second kappa shape index (κ2) is 5.64. The highest BCUT2D eigenvalue weighted by Crippen LogP contribution is 2.35. The van der Waals surface area contributed by atoms with Crippen molar-refractivity contribution in [2.75, 3.05) is 13.4 Å². The number of fused-ring (bicyclic) bond motifs is 1. The van der Waals surface area contributed by atoms with E-state index in [4.69, 9.17) is 14.2 Å². The van der Waals surface area contributed by atoms with Gasteiger partial charge in [-0.3, -0.25) is 14.3 Å². The first kappa shape index (κ1) is 14.3. The molecule has 116 valence electrons. The summed E-state index contributed by atoms with van der Waals surface area (Å²) in [6.45, 7) is 2.14. The molecule has 1 aliphatic rings. The van der Waals surface area contributed by atoms with Crippen molar-refractivity contribution in [1.82, 2.24) is 9.55 Å². The van der Waals surface area contributed by atoms with E-state index in [1.165, 1.54) is 0 Å². The summed E-state index contributed by atoms with van der Waals surface area (Å²) in [7, 11) is 0. The van der Waals surface area contributed by atoms with Crippen LogP contribution >= 0.6 is 0 Å². The van der Waals surface area contributed by atoms with Gasteiger partial charge in [-0.15, -0.1) is 0 Å². The number of nitrogens with zero attached hydrogens (tertiary/aromatic N) is 1. The predicted octanol–water partition coefficient (Wildman–Crippen LogP) is 0.988. The van der Waals surface area contributed by atoms with Crippen LogP contribution in [0.3, 0.4) is 0 Å². The summed E-state index contributed by atoms with van der Waals surface area (Å²) in [6.07, 6.45) is -0.0649. The molecule has 7 nitrogen and oxygen atoms in total. The number of H-pyrrole nitrogens is 1. The fraction of sp³-hybridized carbons (Fsp3) is 0.286. The van der Waals surface area contributed by atoms with Crippen LogP contribution in [0.25, 0.3) is 0 Å². The molecular weight excluding hydrogens is 295 g/mol. The Morgan fingerprint density at radius 3 is 2.91 bits per heavy atom. The summed E-state index contributed by atoms with van der Waals surface area (Å²) in [5, 5.41) is 0. The van der Waals surface area contributed by atoms with E-state index >= 15 is 0 Å². The second-order valence-electron chi connectivity index (χ2n) is 4.56. The molecule has 22 heavy (non-hydrogen) atoms. The molecule has 8 heteroatoms. The Labute approximate surface area is 123 Å². The lowest BCUT2D eigenvalue weighted by Crippen LogP contribution is -2.35. The average Bonchev–Trinajstić information content (AvgIpc) is 2.96. The summed E-state index contributed by atoms with van der Waals surface area (Å²) >= 11 is 0. The summed E-state index contributed by atoms with van der Waals surface area (Å²) in [5.41, 5.74) is -1.26. The molecule has 1 atom stereocenters. The van der Waals surface area contributed by atoms with Crippen molar-refractivity contribution in [1.29, 1.82) is 0 Å². The molecule has 0 bridgehead atoms. The molecule has 1 aromatic carbocycles. The second-order valence-corrected chi connectivity index (χ2v) is 4.56. The Morgan fingerprint density at radius 1 is 1.36 bits per heavy atom. The van der Waals surface area contributed by atoms with Gasteiger partial charge >= 0.3 is 5.69 Å². The first-order valence-electron chi connectivity index (χ1n) is 6.62. The molecule has 0 aliphatic carbocycles. The Balaban J connectivity index is 2.09. The van der Waals surface area contributed by atoms with Crippen LogP contribution in [-0.2, 0) is 4.74 Å². The molecule has 0 spiro atoms. The van der Waals surface area contributed by atoms with Gasteiger partial charge in [0, 0.05) is 12.2 Å². The highest BCUT2D eigenvalue weighted by Gasteiger charge is 2.21. The van der Waals surface area contributed by atoms with Crippen LogP contribution in [0.4, 0.5) is 4.39 Å². The fourth-order valence-electron chi connectivity index (χ4n) is 2.20. The van der Waals surface area contributed by atoms with Gasteiger partial charge in [-0.25, -0.2) is 4.79 Å². The topological polar surface area (TPSA) is 82.6 Å². The molecule has 0 saturated carbocycles. The van der Waals surface area contributed by atoms with Crippen molar-refractivity contribution in [3.8, 4) is 11.5 Å². The van der Waals surface area contributed by atoms with Crippen molar-refractivity contribution in [3.63, 3.8) is 0 Å². The number of benzene rings is 1. The largest absolute Gasteiger partial charge is 0.454 e. The number of halogens is 1. The minimum atomic E-state index is -1.07. The van der Waals surface area contributed by atoms with Crippen LogP contribution < -0.4 is 20.7 Å². The van der Waals surface area contributed by atoms with Gasteiger partial charge in [0.15, 0.2) is 17.7 Å². The molecule has 2 aromatic rings. The Bertz CT molecular complexity index is 814. The van der Waals surface area contributed by atoms with Crippen molar-refractivity contribution in [2.24, 2.45) is 0 Å². The van der Waals surface area contributed by atoms with E-state index in [0.29, 0.717) is 17.1 Å². The van der Waals surface area contributed by atoms with Gasteiger partial charge in [0.05, 0.1) is 6.20 Å². The van der Waals surface area contributed by atoms with Crippen molar-refractivity contribution in [3.05, 3.63) is 56.6 Å². The van der Waals surface area contributed by atoms with E-state index in [-0.39, 0.29) is 13.4 Å². The third kappa shape index (κ3) is 2.48. The Morgan fingerprint density at radius 2 is 2.14 bits per heavy atom. The van der Waals surface area contributed by atoms with Crippen LogP contribution in [0, 0.1) is 5.82 Å². The molecule has 1 unspecified atom stereocenters. The maximum atomic E-state index is 13.5. The lowest BCUT2D eigenvalue weighted by molar-refractivity contribution is 0.0366. The van der Waals surface area contributed by atoms with E-state index in [2.05, 4.69) is 0 Å². The first-order chi connectivity index (χ1) is 10.6. The minimum Gasteiger partial charge on any atom is -0.454 e. The standard InChI is InChI=1S/C14H13FN2O5/c1-2-20-13(17-6-9(15)12(18)16-14(17)19)8-3-4-10-11(5-8)22-7-21-10/h3-6,13H,2,7H2,1H3,(H,16,18,19). The van der Waals surface area contributed by atoms with Crippen molar-refractivity contribution >= 4 is 0 Å². The zero-order valence-electron chi connectivity index (χ0n) is 11.7. The quantitative estimate of drug-likeness (QED) is 0.910. The maximum absolute atomic E-state index is 13.5. The molecule has 0 saturated heterocycles. The van der Waals surface area contributed by atoms with Gasteiger partial charge < -0.3 is 14.2 Å². The van der Waals surface area contributed by atoms with Gasteiger partial charge in [0.2, 0.25) is 12.6 Å². The molecular formula is C14H13FN2O5. The maximum Gasteiger partial charge on any atom is 0.330 e. The normalized spacial score (nSPS) is 14.1. The van der Waals surface area contributed by atoms with Gasteiger partial charge in [-0.05, 0) is 19.1 Å². The summed E-state index contributed by atoms with van der Waals surface area (Å²) in [5.74, 6) is 0.0317. The molecule has 0 radical (unpaired) electrons. The summed E-state index contributed by atoms with van der Waals surface area (Å²) < 4.78 is 30.5. The third-order valence-corrected chi connectivity index (χ3v) is 3.18. The lowest BCUT2D eigenvalue weighted by Gasteiger charge is -2.20. The van der Waals surface area contributed by atoms with E-state index in [1.807, 2.05) is 4.98 Å². The molecule has 3 rings (SSSR count). The number of hydrogen-bond donors (Lipinski definition) is 1. The molecule has 1 aliphatic heterocycles.